The molecule has 7 heteroatoms. The molecule has 0 spiro atoms. The van der Waals surface area contributed by atoms with E-state index in [4.69, 9.17) is 14.1 Å². The lowest BCUT2D eigenvalue weighted by Crippen LogP contribution is -2.40. The van der Waals surface area contributed by atoms with Crippen LogP contribution in [0.25, 0.3) is 11.3 Å². The highest BCUT2D eigenvalue weighted by molar-refractivity contribution is 5.96. The molecule has 1 aromatic heterocycles. The third-order valence-electron chi connectivity index (χ3n) is 3.86. The molecule has 1 aliphatic heterocycles. The van der Waals surface area contributed by atoms with Crippen molar-refractivity contribution in [3.8, 4) is 22.8 Å². The first kappa shape index (κ1) is 15.2. The van der Waals surface area contributed by atoms with Crippen molar-refractivity contribution in [2.75, 3.05) is 11.9 Å². The van der Waals surface area contributed by atoms with E-state index in [1.165, 1.54) is 0 Å². The minimum Gasteiger partial charge on any atom is -0.485 e. The van der Waals surface area contributed by atoms with Crippen LogP contribution in [0, 0.1) is 6.92 Å². The molecule has 0 radical (unpaired) electrons. The number of anilines is 1. The van der Waals surface area contributed by atoms with Crippen molar-refractivity contribution in [2.45, 2.75) is 13.0 Å². The standard InChI is InChI=1S/C18H15N3O4/c1-11-6-8-12(9-7-11)16-17(21-25-20-16)19-18(22)15-10-23-13-4-2-3-5-14(13)24-15/h2-9,15H,10H2,1H3,(H,19,21,22). The minimum absolute atomic E-state index is 0.119. The topological polar surface area (TPSA) is 86.5 Å². The van der Waals surface area contributed by atoms with Crippen LogP contribution in [0.15, 0.2) is 53.2 Å². The highest BCUT2D eigenvalue weighted by Crippen LogP contribution is 2.31. The number of ether oxygens (including phenoxy) is 2. The lowest BCUT2D eigenvalue weighted by atomic mass is 10.1. The number of rotatable bonds is 3. The molecular weight excluding hydrogens is 322 g/mol. The maximum Gasteiger partial charge on any atom is 0.270 e. The molecule has 4 rings (SSSR count). The lowest BCUT2D eigenvalue weighted by molar-refractivity contribution is -0.125. The molecule has 1 aliphatic rings. The lowest BCUT2D eigenvalue weighted by Gasteiger charge is -2.25. The fraction of sp³-hybridized carbons (Fsp3) is 0.167. The highest BCUT2D eigenvalue weighted by atomic mass is 16.6. The van der Waals surface area contributed by atoms with E-state index in [9.17, 15) is 4.79 Å². The Balaban J connectivity index is 1.51. The summed E-state index contributed by atoms with van der Waals surface area (Å²) in [5.41, 5.74) is 2.39. The SMILES string of the molecule is Cc1ccc(-c2nonc2NC(=O)C2COc3ccccc3O2)cc1. The number of para-hydroxylation sites is 2. The van der Waals surface area contributed by atoms with Gasteiger partial charge in [-0.15, -0.1) is 0 Å². The number of nitrogens with zero attached hydrogens (tertiary/aromatic N) is 2. The van der Waals surface area contributed by atoms with Crippen molar-refractivity contribution in [3.05, 3.63) is 54.1 Å². The normalized spacial score (nSPS) is 15.6. The van der Waals surface area contributed by atoms with Gasteiger partial charge in [0, 0.05) is 5.56 Å². The van der Waals surface area contributed by atoms with Gasteiger partial charge in [0.15, 0.2) is 17.2 Å². The van der Waals surface area contributed by atoms with Gasteiger partial charge in [0.05, 0.1) is 0 Å². The van der Waals surface area contributed by atoms with Crippen molar-refractivity contribution in [2.24, 2.45) is 0 Å². The van der Waals surface area contributed by atoms with Crippen LogP contribution in [0.4, 0.5) is 5.82 Å². The number of fused-ring (bicyclic) bond motifs is 1. The molecule has 25 heavy (non-hydrogen) atoms. The molecule has 0 saturated carbocycles. The molecule has 0 fully saturated rings. The molecule has 1 atom stereocenters. The fourth-order valence-corrected chi connectivity index (χ4v) is 2.52. The maximum absolute atomic E-state index is 12.5. The van der Waals surface area contributed by atoms with Crippen molar-refractivity contribution in [1.29, 1.82) is 0 Å². The van der Waals surface area contributed by atoms with Crippen LogP contribution < -0.4 is 14.8 Å². The van der Waals surface area contributed by atoms with Crippen molar-refractivity contribution in [1.82, 2.24) is 10.3 Å². The van der Waals surface area contributed by atoms with Crippen LogP contribution in [0.1, 0.15) is 5.56 Å². The zero-order valence-electron chi connectivity index (χ0n) is 13.4. The number of nitrogens with one attached hydrogen (secondary N) is 1. The summed E-state index contributed by atoms with van der Waals surface area (Å²) < 4.78 is 16.0. The Morgan fingerprint density at radius 3 is 2.64 bits per heavy atom. The van der Waals surface area contributed by atoms with Crippen LogP contribution in [0.2, 0.25) is 0 Å². The molecule has 7 nitrogen and oxygen atoms in total. The Labute approximate surface area is 143 Å². The Morgan fingerprint density at radius 2 is 1.84 bits per heavy atom. The monoisotopic (exact) mass is 337 g/mol. The predicted octanol–water partition coefficient (Wildman–Crippen LogP) is 2.82. The number of carbonyl (C=O) groups excluding carboxylic acids is 1. The molecule has 0 saturated heterocycles. The molecule has 1 amide bonds. The number of hydrogen-bond donors (Lipinski definition) is 1. The summed E-state index contributed by atoms with van der Waals surface area (Å²) in [7, 11) is 0. The van der Waals surface area contributed by atoms with E-state index in [0.29, 0.717) is 17.2 Å². The first-order chi connectivity index (χ1) is 12.2. The number of amides is 1. The van der Waals surface area contributed by atoms with Crippen LogP contribution in [0.3, 0.4) is 0 Å². The minimum atomic E-state index is -0.780. The number of carbonyl (C=O) groups is 1. The third-order valence-corrected chi connectivity index (χ3v) is 3.86. The summed E-state index contributed by atoms with van der Waals surface area (Å²) in [5.74, 6) is 1.02. The quantitative estimate of drug-likeness (QED) is 0.791. The summed E-state index contributed by atoms with van der Waals surface area (Å²) in [6.07, 6.45) is -0.780. The molecule has 0 aliphatic carbocycles. The fourth-order valence-electron chi connectivity index (χ4n) is 2.52. The number of benzene rings is 2. The Morgan fingerprint density at radius 1 is 1.08 bits per heavy atom. The van der Waals surface area contributed by atoms with Crippen LogP contribution in [-0.4, -0.2) is 28.9 Å². The Kier molecular flexibility index (Phi) is 3.81. The summed E-state index contributed by atoms with van der Waals surface area (Å²) in [6, 6.07) is 14.9. The van der Waals surface area contributed by atoms with Gasteiger partial charge in [-0.3, -0.25) is 4.79 Å². The van der Waals surface area contributed by atoms with Crippen molar-refractivity contribution in [3.63, 3.8) is 0 Å². The first-order valence-corrected chi connectivity index (χ1v) is 7.79. The third kappa shape index (κ3) is 3.03. The van der Waals surface area contributed by atoms with E-state index in [-0.39, 0.29) is 18.3 Å². The number of aryl methyl sites for hydroxylation is 1. The molecule has 1 N–H and O–H groups in total. The van der Waals surface area contributed by atoms with Gasteiger partial charge in [0.1, 0.15) is 6.61 Å². The van der Waals surface area contributed by atoms with Crippen molar-refractivity contribution >= 4 is 11.7 Å². The second-order valence-electron chi connectivity index (χ2n) is 5.68. The number of hydrogen-bond acceptors (Lipinski definition) is 6. The average Bonchev–Trinajstić information content (AvgIpc) is 3.10. The van der Waals surface area contributed by atoms with Gasteiger partial charge in [-0.05, 0) is 29.4 Å². The zero-order valence-corrected chi connectivity index (χ0v) is 13.4. The zero-order chi connectivity index (χ0) is 17.2. The van der Waals surface area contributed by atoms with E-state index in [2.05, 4.69) is 15.6 Å². The molecule has 0 bridgehead atoms. The van der Waals surface area contributed by atoms with E-state index < -0.39 is 6.10 Å². The molecule has 2 aromatic carbocycles. The molecule has 3 aromatic rings. The van der Waals surface area contributed by atoms with Gasteiger partial charge in [-0.2, -0.15) is 0 Å². The van der Waals surface area contributed by atoms with Gasteiger partial charge in [-0.1, -0.05) is 42.0 Å². The van der Waals surface area contributed by atoms with Crippen molar-refractivity contribution < 1.29 is 18.9 Å². The molecule has 2 heterocycles. The second kappa shape index (κ2) is 6.27. The van der Waals surface area contributed by atoms with Gasteiger partial charge in [0.25, 0.3) is 5.91 Å². The van der Waals surface area contributed by atoms with E-state index in [0.717, 1.165) is 11.1 Å². The van der Waals surface area contributed by atoms with Gasteiger partial charge in [-0.25, -0.2) is 4.63 Å². The van der Waals surface area contributed by atoms with Crippen LogP contribution >= 0.6 is 0 Å². The largest absolute Gasteiger partial charge is 0.485 e. The molecule has 126 valence electrons. The maximum atomic E-state index is 12.5. The first-order valence-electron chi connectivity index (χ1n) is 7.79. The summed E-state index contributed by atoms with van der Waals surface area (Å²) in [6.45, 7) is 2.11. The second-order valence-corrected chi connectivity index (χ2v) is 5.68. The van der Waals surface area contributed by atoms with Crippen LogP contribution in [-0.2, 0) is 4.79 Å². The summed E-state index contributed by atoms with van der Waals surface area (Å²) in [4.78, 5) is 12.5. The summed E-state index contributed by atoms with van der Waals surface area (Å²) >= 11 is 0. The highest BCUT2D eigenvalue weighted by Gasteiger charge is 2.29. The molecular formula is C18H15N3O4. The van der Waals surface area contributed by atoms with E-state index >= 15 is 0 Å². The Hall–Kier alpha value is -3.35. The number of aromatic nitrogens is 2. The van der Waals surface area contributed by atoms with Crippen LogP contribution in [0.5, 0.6) is 11.5 Å². The Bertz CT molecular complexity index is 905. The average molecular weight is 337 g/mol. The predicted molar refractivity (Wildman–Crippen MR) is 89.5 cm³/mol. The molecule has 1 unspecified atom stereocenters. The van der Waals surface area contributed by atoms with Gasteiger partial charge >= 0.3 is 0 Å². The van der Waals surface area contributed by atoms with E-state index in [1.54, 1.807) is 12.1 Å². The van der Waals surface area contributed by atoms with E-state index in [1.807, 2.05) is 43.3 Å². The smallest absolute Gasteiger partial charge is 0.270 e. The van der Waals surface area contributed by atoms with Gasteiger partial charge < -0.3 is 14.8 Å². The summed E-state index contributed by atoms with van der Waals surface area (Å²) in [5, 5.41) is 10.3. The van der Waals surface area contributed by atoms with Gasteiger partial charge in [0.2, 0.25) is 11.9 Å².